The lowest BCUT2D eigenvalue weighted by molar-refractivity contribution is 0.413. The van der Waals surface area contributed by atoms with Crippen molar-refractivity contribution in [2.45, 2.75) is 25.2 Å². The van der Waals surface area contributed by atoms with Crippen LogP contribution in [0.5, 0.6) is 5.75 Å². The summed E-state index contributed by atoms with van der Waals surface area (Å²) in [5.41, 5.74) is 4.38. The van der Waals surface area contributed by atoms with Gasteiger partial charge in [0.05, 0.1) is 7.11 Å². The topological polar surface area (TPSA) is 9.23 Å². The molecule has 3 rings (SSSR count). The van der Waals surface area contributed by atoms with Crippen LogP contribution in [-0.4, -0.2) is 7.11 Å². The van der Waals surface area contributed by atoms with Crippen LogP contribution in [0.1, 0.15) is 35.4 Å². The Morgan fingerprint density at radius 3 is 2.83 bits per heavy atom. The van der Waals surface area contributed by atoms with Crippen LogP contribution in [0, 0.1) is 0 Å². The molecule has 18 heavy (non-hydrogen) atoms. The maximum atomic E-state index is 5.33. The molecule has 1 heteroatoms. The van der Waals surface area contributed by atoms with E-state index in [1.165, 1.54) is 36.0 Å². The summed E-state index contributed by atoms with van der Waals surface area (Å²) >= 11 is 0. The number of aryl methyl sites for hydroxylation is 1. The van der Waals surface area contributed by atoms with Crippen molar-refractivity contribution in [3.05, 3.63) is 65.2 Å². The van der Waals surface area contributed by atoms with Crippen LogP contribution in [0.3, 0.4) is 0 Å². The molecule has 0 bridgehead atoms. The van der Waals surface area contributed by atoms with Gasteiger partial charge in [-0.2, -0.15) is 0 Å². The molecule has 0 heterocycles. The molecule has 0 amide bonds. The number of methoxy groups -OCH3 is 1. The lowest BCUT2D eigenvalue weighted by Crippen LogP contribution is -2.10. The van der Waals surface area contributed by atoms with E-state index in [0.29, 0.717) is 5.92 Å². The predicted octanol–water partition coefficient (Wildman–Crippen LogP) is 4.16. The fraction of sp³-hybridized carbons (Fsp3) is 0.294. The molecule has 0 saturated heterocycles. The number of fused-ring (bicyclic) bond motifs is 1. The molecule has 92 valence electrons. The normalized spacial score (nSPS) is 18.2. The van der Waals surface area contributed by atoms with Crippen molar-refractivity contribution in [1.82, 2.24) is 0 Å². The number of rotatable bonds is 2. The first-order valence-corrected chi connectivity index (χ1v) is 6.60. The Morgan fingerprint density at radius 1 is 1.06 bits per heavy atom. The first-order valence-electron chi connectivity index (χ1n) is 6.60. The van der Waals surface area contributed by atoms with E-state index in [1.54, 1.807) is 7.11 Å². The predicted molar refractivity (Wildman–Crippen MR) is 74.2 cm³/mol. The quantitative estimate of drug-likeness (QED) is 0.763. The van der Waals surface area contributed by atoms with Gasteiger partial charge >= 0.3 is 0 Å². The van der Waals surface area contributed by atoms with Crippen LogP contribution >= 0.6 is 0 Å². The minimum atomic E-state index is 0.532. The molecule has 0 N–H and O–H groups in total. The Labute approximate surface area is 108 Å². The van der Waals surface area contributed by atoms with Crippen molar-refractivity contribution in [2.75, 3.05) is 7.11 Å². The average Bonchev–Trinajstić information content (AvgIpc) is 2.47. The largest absolute Gasteiger partial charge is 0.497 e. The minimum absolute atomic E-state index is 0.532. The summed E-state index contributed by atoms with van der Waals surface area (Å²) in [6.07, 6.45) is 3.74. The second-order valence-corrected chi connectivity index (χ2v) is 4.92. The van der Waals surface area contributed by atoms with E-state index in [2.05, 4.69) is 42.5 Å². The van der Waals surface area contributed by atoms with Gasteiger partial charge in [-0.05, 0) is 48.1 Å². The molecule has 1 aliphatic rings. The number of hydrogen-bond acceptors (Lipinski definition) is 1. The second kappa shape index (κ2) is 4.85. The highest BCUT2D eigenvalue weighted by Crippen LogP contribution is 2.37. The lowest BCUT2D eigenvalue weighted by Gasteiger charge is -2.26. The van der Waals surface area contributed by atoms with E-state index in [4.69, 9.17) is 4.74 Å². The zero-order valence-electron chi connectivity index (χ0n) is 10.7. The molecule has 1 nitrogen and oxygen atoms in total. The fourth-order valence-electron chi connectivity index (χ4n) is 2.96. The summed E-state index contributed by atoms with van der Waals surface area (Å²) in [6, 6.07) is 17.3. The van der Waals surface area contributed by atoms with Gasteiger partial charge in [0.1, 0.15) is 5.75 Å². The van der Waals surface area contributed by atoms with Crippen LogP contribution in [-0.2, 0) is 6.42 Å². The molecule has 2 aromatic rings. The first-order chi connectivity index (χ1) is 8.88. The van der Waals surface area contributed by atoms with E-state index in [9.17, 15) is 0 Å². The number of hydrogen-bond donors (Lipinski definition) is 0. The van der Waals surface area contributed by atoms with Crippen molar-refractivity contribution in [3.63, 3.8) is 0 Å². The Kier molecular flexibility index (Phi) is 3.06. The summed E-state index contributed by atoms with van der Waals surface area (Å²) in [4.78, 5) is 0. The van der Waals surface area contributed by atoms with Crippen LogP contribution < -0.4 is 4.74 Å². The van der Waals surface area contributed by atoms with Gasteiger partial charge in [0, 0.05) is 5.92 Å². The zero-order chi connectivity index (χ0) is 12.4. The molecule has 1 unspecified atom stereocenters. The van der Waals surface area contributed by atoms with E-state index >= 15 is 0 Å². The molecule has 0 saturated carbocycles. The fourth-order valence-corrected chi connectivity index (χ4v) is 2.96. The summed E-state index contributed by atoms with van der Waals surface area (Å²) in [6.45, 7) is 0. The number of ether oxygens (including phenoxy) is 1. The third-order valence-corrected chi connectivity index (χ3v) is 3.87. The molecule has 0 radical (unpaired) electrons. The molecule has 1 atom stereocenters. The van der Waals surface area contributed by atoms with Gasteiger partial charge < -0.3 is 4.74 Å². The van der Waals surface area contributed by atoms with Crippen LogP contribution in [0.4, 0.5) is 0 Å². The molecule has 2 aromatic carbocycles. The Bertz CT molecular complexity index is 545. The van der Waals surface area contributed by atoms with E-state index < -0.39 is 0 Å². The van der Waals surface area contributed by atoms with Gasteiger partial charge in [-0.3, -0.25) is 0 Å². The molecule has 0 spiro atoms. The van der Waals surface area contributed by atoms with Gasteiger partial charge in [-0.15, -0.1) is 0 Å². The summed E-state index contributed by atoms with van der Waals surface area (Å²) in [7, 11) is 1.73. The highest BCUT2D eigenvalue weighted by atomic mass is 16.5. The average molecular weight is 238 g/mol. The van der Waals surface area contributed by atoms with E-state index in [0.717, 1.165) is 5.75 Å². The smallest absolute Gasteiger partial charge is 0.119 e. The molecular formula is C17H18O. The van der Waals surface area contributed by atoms with Crippen molar-refractivity contribution >= 4 is 0 Å². The van der Waals surface area contributed by atoms with E-state index in [-0.39, 0.29) is 0 Å². The van der Waals surface area contributed by atoms with Gasteiger partial charge in [-0.25, -0.2) is 0 Å². The third-order valence-electron chi connectivity index (χ3n) is 3.87. The van der Waals surface area contributed by atoms with Crippen molar-refractivity contribution in [2.24, 2.45) is 0 Å². The van der Waals surface area contributed by atoms with Crippen molar-refractivity contribution < 1.29 is 4.74 Å². The molecule has 0 fully saturated rings. The summed E-state index contributed by atoms with van der Waals surface area (Å²) < 4.78 is 5.33. The Hall–Kier alpha value is -1.76. The lowest BCUT2D eigenvalue weighted by atomic mass is 9.79. The van der Waals surface area contributed by atoms with Crippen molar-refractivity contribution in [3.8, 4) is 5.75 Å². The van der Waals surface area contributed by atoms with Gasteiger partial charge in [-0.1, -0.05) is 36.4 Å². The third kappa shape index (κ3) is 2.01. The molecule has 0 aromatic heterocycles. The highest BCUT2D eigenvalue weighted by Gasteiger charge is 2.21. The second-order valence-electron chi connectivity index (χ2n) is 4.92. The first kappa shape index (κ1) is 11.3. The van der Waals surface area contributed by atoms with Crippen LogP contribution in [0.15, 0.2) is 48.5 Å². The van der Waals surface area contributed by atoms with Crippen LogP contribution in [0.2, 0.25) is 0 Å². The van der Waals surface area contributed by atoms with Gasteiger partial charge in [0.25, 0.3) is 0 Å². The standard InChI is InChI=1S/C17H18O/c1-18-15-9-4-8-14(12-15)17-11-5-7-13-6-2-3-10-16(13)17/h2-4,6,8-10,12,17H,5,7,11H2,1H3. The van der Waals surface area contributed by atoms with Crippen LogP contribution in [0.25, 0.3) is 0 Å². The monoisotopic (exact) mass is 238 g/mol. The van der Waals surface area contributed by atoms with Gasteiger partial charge in [0.15, 0.2) is 0 Å². The zero-order valence-corrected chi connectivity index (χ0v) is 10.7. The molecular weight excluding hydrogens is 220 g/mol. The Morgan fingerprint density at radius 2 is 1.94 bits per heavy atom. The summed E-state index contributed by atoms with van der Waals surface area (Å²) in [5, 5.41) is 0. The summed E-state index contributed by atoms with van der Waals surface area (Å²) in [5.74, 6) is 1.49. The van der Waals surface area contributed by atoms with Gasteiger partial charge in [0.2, 0.25) is 0 Å². The minimum Gasteiger partial charge on any atom is -0.497 e. The number of benzene rings is 2. The maximum absolute atomic E-state index is 5.33. The Balaban J connectivity index is 2.02. The van der Waals surface area contributed by atoms with Crippen molar-refractivity contribution in [1.29, 1.82) is 0 Å². The highest BCUT2D eigenvalue weighted by molar-refractivity contribution is 5.42. The maximum Gasteiger partial charge on any atom is 0.119 e. The molecule has 0 aliphatic heterocycles. The van der Waals surface area contributed by atoms with E-state index in [1.807, 2.05) is 6.07 Å². The SMILES string of the molecule is COc1cccc(C2CCCc3ccccc32)c1. The molecule has 1 aliphatic carbocycles.